The average molecular weight is 273 g/mol. The second-order valence-corrected chi connectivity index (χ2v) is 4.16. The summed E-state index contributed by atoms with van der Waals surface area (Å²) in [6, 6.07) is 13.2. The molecule has 0 bridgehead atoms. The Morgan fingerprint density at radius 3 is 2.58 bits per heavy atom. The first-order valence-corrected chi connectivity index (χ1v) is 6.40. The van der Waals surface area contributed by atoms with Gasteiger partial charge in [0.15, 0.2) is 5.11 Å². The maximum Gasteiger partial charge on any atom is 0.176 e. The molecule has 1 aromatic carbocycles. The molecule has 4 nitrogen and oxygen atoms in total. The van der Waals surface area contributed by atoms with Gasteiger partial charge in [-0.2, -0.15) is 0 Å². The Morgan fingerprint density at radius 1 is 1.16 bits per heavy atom. The van der Waals surface area contributed by atoms with Gasteiger partial charge in [0, 0.05) is 11.9 Å². The van der Waals surface area contributed by atoms with Crippen LogP contribution in [0.15, 0.2) is 48.7 Å². The molecule has 0 atom stereocenters. The fourth-order valence-electron chi connectivity index (χ4n) is 1.52. The maximum atomic E-state index is 5.38. The number of hydrogen-bond donors (Lipinski definition) is 2. The number of aromatic nitrogens is 1. The van der Waals surface area contributed by atoms with Crippen molar-refractivity contribution >= 4 is 28.8 Å². The quantitative estimate of drug-likeness (QED) is 0.837. The highest BCUT2D eigenvalue weighted by Gasteiger charge is 1.99. The van der Waals surface area contributed by atoms with Gasteiger partial charge >= 0.3 is 0 Å². The highest BCUT2D eigenvalue weighted by Crippen LogP contribution is 2.15. The Balaban J connectivity index is 1.91. The van der Waals surface area contributed by atoms with Crippen molar-refractivity contribution in [2.24, 2.45) is 0 Å². The number of nitrogens with one attached hydrogen (secondary N) is 2. The van der Waals surface area contributed by atoms with Gasteiger partial charge in [0.05, 0.1) is 6.61 Å². The summed E-state index contributed by atoms with van der Waals surface area (Å²) in [5, 5.41) is 6.60. The van der Waals surface area contributed by atoms with E-state index < -0.39 is 0 Å². The summed E-state index contributed by atoms with van der Waals surface area (Å²) in [5.74, 6) is 1.56. The van der Waals surface area contributed by atoms with E-state index in [0.29, 0.717) is 17.5 Å². The summed E-state index contributed by atoms with van der Waals surface area (Å²) in [6.45, 7) is 2.62. The van der Waals surface area contributed by atoms with Crippen molar-refractivity contribution in [2.45, 2.75) is 6.92 Å². The van der Waals surface area contributed by atoms with E-state index in [2.05, 4.69) is 15.6 Å². The normalized spacial score (nSPS) is 9.74. The van der Waals surface area contributed by atoms with Crippen LogP contribution in [0.5, 0.6) is 5.75 Å². The van der Waals surface area contributed by atoms with Crippen LogP contribution in [0.1, 0.15) is 6.92 Å². The van der Waals surface area contributed by atoms with Crippen molar-refractivity contribution in [3.63, 3.8) is 0 Å². The Morgan fingerprint density at radius 2 is 1.95 bits per heavy atom. The van der Waals surface area contributed by atoms with E-state index in [1.54, 1.807) is 6.20 Å². The first-order valence-electron chi connectivity index (χ1n) is 6.00. The van der Waals surface area contributed by atoms with E-state index >= 15 is 0 Å². The molecular formula is C14H15N3OS. The Labute approximate surface area is 117 Å². The van der Waals surface area contributed by atoms with Gasteiger partial charge in [0.25, 0.3) is 0 Å². The smallest absolute Gasteiger partial charge is 0.176 e. The van der Waals surface area contributed by atoms with Crippen LogP contribution in [0.2, 0.25) is 0 Å². The van der Waals surface area contributed by atoms with E-state index in [-0.39, 0.29) is 0 Å². The number of benzene rings is 1. The Kier molecular flexibility index (Phi) is 4.69. The van der Waals surface area contributed by atoms with E-state index in [1.807, 2.05) is 49.4 Å². The second kappa shape index (κ2) is 6.70. The van der Waals surface area contributed by atoms with Gasteiger partial charge in [0.1, 0.15) is 11.6 Å². The lowest BCUT2D eigenvalue weighted by Gasteiger charge is -2.10. The molecular weight excluding hydrogens is 258 g/mol. The fraction of sp³-hybridized carbons (Fsp3) is 0.143. The van der Waals surface area contributed by atoms with Crippen LogP contribution in [0.4, 0.5) is 11.5 Å². The minimum Gasteiger partial charge on any atom is -0.494 e. The molecule has 0 aliphatic heterocycles. The van der Waals surface area contributed by atoms with Crippen LogP contribution in [0.25, 0.3) is 0 Å². The molecule has 2 rings (SSSR count). The SMILES string of the molecule is CCOc1ccc(NC(=S)Nc2ccccn2)cc1. The van der Waals surface area contributed by atoms with Crippen LogP contribution < -0.4 is 15.4 Å². The summed E-state index contributed by atoms with van der Waals surface area (Å²) in [4.78, 5) is 4.14. The number of ether oxygens (including phenoxy) is 1. The van der Waals surface area contributed by atoms with Gasteiger partial charge < -0.3 is 15.4 Å². The van der Waals surface area contributed by atoms with Gasteiger partial charge in [-0.1, -0.05) is 6.07 Å². The Bertz CT molecular complexity index is 528. The van der Waals surface area contributed by atoms with Crippen molar-refractivity contribution in [3.8, 4) is 5.75 Å². The van der Waals surface area contributed by atoms with Gasteiger partial charge in [-0.3, -0.25) is 0 Å². The molecule has 0 unspecified atom stereocenters. The molecule has 98 valence electrons. The average Bonchev–Trinajstić information content (AvgIpc) is 2.42. The topological polar surface area (TPSA) is 46.2 Å². The van der Waals surface area contributed by atoms with Gasteiger partial charge in [-0.15, -0.1) is 0 Å². The molecule has 0 radical (unpaired) electrons. The zero-order valence-corrected chi connectivity index (χ0v) is 11.4. The molecule has 1 heterocycles. The predicted octanol–water partition coefficient (Wildman–Crippen LogP) is 3.29. The van der Waals surface area contributed by atoms with Crippen molar-refractivity contribution < 1.29 is 4.74 Å². The number of thiocarbonyl (C=S) groups is 1. The van der Waals surface area contributed by atoms with Crippen LogP contribution in [0.3, 0.4) is 0 Å². The van der Waals surface area contributed by atoms with Crippen LogP contribution in [0, 0.1) is 0 Å². The highest BCUT2D eigenvalue weighted by atomic mass is 32.1. The van der Waals surface area contributed by atoms with E-state index in [9.17, 15) is 0 Å². The van der Waals surface area contributed by atoms with Crippen LogP contribution in [-0.4, -0.2) is 16.7 Å². The first kappa shape index (κ1) is 13.3. The first-order chi connectivity index (χ1) is 9.28. The summed E-state index contributed by atoms with van der Waals surface area (Å²) in [5.41, 5.74) is 0.900. The largest absolute Gasteiger partial charge is 0.494 e. The predicted molar refractivity (Wildman–Crippen MR) is 81.7 cm³/mol. The molecule has 2 aromatic rings. The molecule has 0 spiro atoms. The van der Waals surface area contributed by atoms with Crippen molar-refractivity contribution in [2.75, 3.05) is 17.2 Å². The number of hydrogen-bond acceptors (Lipinski definition) is 3. The second-order valence-electron chi connectivity index (χ2n) is 3.75. The number of pyridine rings is 1. The lowest BCUT2D eigenvalue weighted by atomic mass is 10.3. The van der Waals surface area contributed by atoms with E-state index in [4.69, 9.17) is 17.0 Å². The zero-order valence-electron chi connectivity index (χ0n) is 10.6. The minimum atomic E-state index is 0.503. The lowest BCUT2D eigenvalue weighted by molar-refractivity contribution is 0.340. The maximum absolute atomic E-state index is 5.38. The standard InChI is InChI=1S/C14H15N3OS/c1-2-18-12-8-6-11(7-9-12)16-14(19)17-13-5-3-4-10-15-13/h3-10H,2H2,1H3,(H2,15,16,17,19). The lowest BCUT2D eigenvalue weighted by Crippen LogP contribution is -2.19. The molecule has 19 heavy (non-hydrogen) atoms. The Hall–Kier alpha value is -2.14. The van der Waals surface area contributed by atoms with Gasteiger partial charge in [0.2, 0.25) is 0 Å². The van der Waals surface area contributed by atoms with Crippen LogP contribution >= 0.6 is 12.2 Å². The molecule has 1 aromatic heterocycles. The third kappa shape index (κ3) is 4.22. The molecule has 0 saturated heterocycles. The van der Waals surface area contributed by atoms with Crippen molar-refractivity contribution in [1.82, 2.24) is 4.98 Å². The summed E-state index contributed by atoms with van der Waals surface area (Å²) >= 11 is 5.21. The fourth-order valence-corrected chi connectivity index (χ4v) is 1.74. The molecule has 0 saturated carbocycles. The number of anilines is 2. The van der Waals surface area contributed by atoms with Gasteiger partial charge in [-0.25, -0.2) is 4.98 Å². The number of nitrogens with zero attached hydrogens (tertiary/aromatic N) is 1. The molecule has 0 aliphatic rings. The van der Waals surface area contributed by atoms with E-state index in [1.165, 1.54) is 0 Å². The highest BCUT2D eigenvalue weighted by molar-refractivity contribution is 7.80. The third-order valence-corrected chi connectivity index (χ3v) is 2.53. The molecule has 0 amide bonds. The van der Waals surface area contributed by atoms with E-state index in [0.717, 1.165) is 11.4 Å². The minimum absolute atomic E-state index is 0.503. The number of rotatable bonds is 4. The third-order valence-electron chi connectivity index (χ3n) is 2.33. The summed E-state index contributed by atoms with van der Waals surface area (Å²) in [6.07, 6.45) is 1.71. The molecule has 2 N–H and O–H groups in total. The van der Waals surface area contributed by atoms with Crippen LogP contribution in [-0.2, 0) is 0 Å². The van der Waals surface area contributed by atoms with Crippen molar-refractivity contribution in [1.29, 1.82) is 0 Å². The molecule has 0 aliphatic carbocycles. The van der Waals surface area contributed by atoms with Gasteiger partial charge in [-0.05, 0) is 55.5 Å². The molecule has 5 heteroatoms. The zero-order chi connectivity index (χ0) is 13.5. The summed E-state index contributed by atoms with van der Waals surface area (Å²) < 4.78 is 5.38. The monoisotopic (exact) mass is 273 g/mol. The summed E-state index contributed by atoms with van der Waals surface area (Å²) in [7, 11) is 0. The van der Waals surface area contributed by atoms with Crippen molar-refractivity contribution in [3.05, 3.63) is 48.7 Å². The molecule has 0 fully saturated rings.